The molecule has 0 amide bonds. The van der Waals surface area contributed by atoms with Crippen molar-refractivity contribution in [2.45, 2.75) is 26.7 Å². The number of azo groups is 1. The molecule has 24 heavy (non-hydrogen) atoms. The lowest BCUT2D eigenvalue weighted by atomic mass is 10.1. The maximum Gasteiger partial charge on any atom is 0.183 e. The summed E-state index contributed by atoms with van der Waals surface area (Å²) in [7, 11) is 1.58. The van der Waals surface area contributed by atoms with Crippen molar-refractivity contribution in [1.29, 1.82) is 0 Å². The van der Waals surface area contributed by atoms with Crippen LogP contribution in [0.5, 0.6) is 5.75 Å². The molecule has 5 nitrogen and oxygen atoms in total. The molecule has 0 N–H and O–H groups in total. The Morgan fingerprint density at radius 3 is 2.67 bits per heavy atom. The number of halogens is 1. The number of aryl methyl sites for hydroxylation is 1. The van der Waals surface area contributed by atoms with Gasteiger partial charge in [0.15, 0.2) is 5.82 Å². The minimum Gasteiger partial charge on any atom is -0.495 e. The van der Waals surface area contributed by atoms with Crippen LogP contribution in [0, 0.1) is 6.92 Å². The first kappa shape index (κ1) is 16.5. The third-order valence-electron chi connectivity index (χ3n) is 3.79. The summed E-state index contributed by atoms with van der Waals surface area (Å²) in [5.41, 5.74) is 3.60. The van der Waals surface area contributed by atoms with Gasteiger partial charge in [-0.3, -0.25) is 4.40 Å². The molecule has 0 atom stereocenters. The smallest absolute Gasteiger partial charge is 0.183 e. The van der Waals surface area contributed by atoms with Crippen LogP contribution in [0.3, 0.4) is 0 Å². The highest BCUT2D eigenvalue weighted by atomic mass is 35.5. The Morgan fingerprint density at radius 2 is 2.00 bits per heavy atom. The number of rotatable bonds is 4. The molecule has 1 aromatic carbocycles. The van der Waals surface area contributed by atoms with Gasteiger partial charge >= 0.3 is 0 Å². The summed E-state index contributed by atoms with van der Waals surface area (Å²) >= 11 is 6.14. The van der Waals surface area contributed by atoms with Crippen LogP contribution in [0.25, 0.3) is 5.65 Å². The summed E-state index contributed by atoms with van der Waals surface area (Å²) in [4.78, 5) is 4.73. The van der Waals surface area contributed by atoms with Gasteiger partial charge in [0.25, 0.3) is 0 Å². The maximum absolute atomic E-state index is 6.14. The molecule has 2 aromatic heterocycles. The monoisotopic (exact) mass is 342 g/mol. The number of methoxy groups -OCH3 is 1. The van der Waals surface area contributed by atoms with Gasteiger partial charge < -0.3 is 4.74 Å². The molecule has 0 spiro atoms. The Bertz CT molecular complexity index is 915. The van der Waals surface area contributed by atoms with E-state index in [0.717, 1.165) is 22.7 Å². The second-order valence-electron chi connectivity index (χ2n) is 5.88. The van der Waals surface area contributed by atoms with Crippen LogP contribution in [-0.4, -0.2) is 16.5 Å². The van der Waals surface area contributed by atoms with Crippen LogP contribution in [0.15, 0.2) is 46.8 Å². The second-order valence-corrected chi connectivity index (χ2v) is 6.29. The van der Waals surface area contributed by atoms with E-state index in [1.54, 1.807) is 19.2 Å². The van der Waals surface area contributed by atoms with E-state index < -0.39 is 0 Å². The largest absolute Gasteiger partial charge is 0.495 e. The van der Waals surface area contributed by atoms with Crippen LogP contribution >= 0.6 is 11.6 Å². The molecule has 0 aliphatic rings. The molecule has 124 valence electrons. The zero-order valence-corrected chi connectivity index (χ0v) is 14.9. The number of hydrogen-bond acceptors (Lipinski definition) is 4. The van der Waals surface area contributed by atoms with Gasteiger partial charge in [-0.25, -0.2) is 4.98 Å². The fourth-order valence-electron chi connectivity index (χ4n) is 2.52. The topological polar surface area (TPSA) is 51.2 Å². The lowest BCUT2D eigenvalue weighted by molar-refractivity contribution is 0.415. The molecule has 0 bridgehead atoms. The zero-order valence-electron chi connectivity index (χ0n) is 14.1. The van der Waals surface area contributed by atoms with Crippen molar-refractivity contribution in [1.82, 2.24) is 9.38 Å². The van der Waals surface area contributed by atoms with Gasteiger partial charge in [0.1, 0.15) is 11.4 Å². The fourth-order valence-corrected chi connectivity index (χ4v) is 2.77. The number of fused-ring (bicyclic) bond motifs is 1. The van der Waals surface area contributed by atoms with Crippen LogP contribution in [-0.2, 0) is 0 Å². The Labute approximate surface area is 146 Å². The maximum atomic E-state index is 6.14. The minimum absolute atomic E-state index is 0.248. The first-order chi connectivity index (χ1) is 11.5. The summed E-state index contributed by atoms with van der Waals surface area (Å²) in [6.07, 6.45) is 1.95. The Balaban J connectivity index is 2.07. The standard InChI is InChI=1S/C18H19ClN4O/c1-11(2)16-18(23-9-5-6-12(3)17(23)20-16)22-21-13-7-8-15(24-4)14(19)10-13/h5-11H,1-4H3. The van der Waals surface area contributed by atoms with E-state index in [9.17, 15) is 0 Å². The zero-order chi connectivity index (χ0) is 17.3. The van der Waals surface area contributed by atoms with Crippen molar-refractivity contribution in [2.24, 2.45) is 10.2 Å². The van der Waals surface area contributed by atoms with Crippen molar-refractivity contribution < 1.29 is 4.74 Å². The molecule has 0 fully saturated rings. The summed E-state index contributed by atoms with van der Waals surface area (Å²) in [5.74, 6) is 1.61. The van der Waals surface area contributed by atoms with Gasteiger partial charge in [-0.05, 0) is 42.7 Å². The summed E-state index contributed by atoms with van der Waals surface area (Å²) in [6, 6.07) is 9.35. The summed E-state index contributed by atoms with van der Waals surface area (Å²) in [5, 5.41) is 9.29. The van der Waals surface area contributed by atoms with E-state index in [1.165, 1.54) is 0 Å². The highest BCUT2D eigenvalue weighted by Crippen LogP contribution is 2.32. The SMILES string of the molecule is COc1ccc(N=Nc2c(C(C)C)nc3c(C)cccn23)cc1Cl. The molecule has 0 aliphatic carbocycles. The minimum atomic E-state index is 0.248. The van der Waals surface area contributed by atoms with E-state index in [4.69, 9.17) is 21.3 Å². The molecule has 0 unspecified atom stereocenters. The van der Waals surface area contributed by atoms with E-state index in [0.29, 0.717) is 16.5 Å². The molecular formula is C18H19ClN4O. The van der Waals surface area contributed by atoms with Crippen LogP contribution in [0.1, 0.15) is 31.0 Å². The van der Waals surface area contributed by atoms with Crippen molar-refractivity contribution in [3.63, 3.8) is 0 Å². The molecule has 3 rings (SSSR count). The normalized spacial score (nSPS) is 11.8. The lowest BCUT2D eigenvalue weighted by Gasteiger charge is -2.03. The molecule has 0 saturated carbocycles. The Hall–Kier alpha value is -2.40. The average Bonchev–Trinajstić information content (AvgIpc) is 2.93. The molecular weight excluding hydrogens is 324 g/mol. The van der Waals surface area contributed by atoms with E-state index in [1.807, 2.05) is 35.7 Å². The number of nitrogens with zero attached hydrogens (tertiary/aromatic N) is 4. The molecule has 6 heteroatoms. The van der Waals surface area contributed by atoms with Crippen molar-refractivity contribution >= 4 is 28.8 Å². The van der Waals surface area contributed by atoms with Gasteiger partial charge in [0.2, 0.25) is 0 Å². The average molecular weight is 343 g/mol. The van der Waals surface area contributed by atoms with Crippen LogP contribution in [0.2, 0.25) is 5.02 Å². The van der Waals surface area contributed by atoms with Crippen molar-refractivity contribution in [2.75, 3.05) is 7.11 Å². The summed E-state index contributed by atoms with van der Waals surface area (Å²) < 4.78 is 7.12. The lowest BCUT2D eigenvalue weighted by Crippen LogP contribution is -1.87. The Kier molecular flexibility index (Phi) is 4.53. The molecule has 0 saturated heterocycles. The van der Waals surface area contributed by atoms with Gasteiger partial charge in [0, 0.05) is 6.20 Å². The Morgan fingerprint density at radius 1 is 1.21 bits per heavy atom. The quantitative estimate of drug-likeness (QED) is 0.559. The van der Waals surface area contributed by atoms with Gasteiger partial charge in [0.05, 0.1) is 23.5 Å². The fraction of sp³-hybridized carbons (Fsp3) is 0.278. The summed E-state index contributed by atoms with van der Waals surface area (Å²) in [6.45, 7) is 6.23. The van der Waals surface area contributed by atoms with Gasteiger partial charge in [-0.1, -0.05) is 31.5 Å². The van der Waals surface area contributed by atoms with E-state index in [-0.39, 0.29) is 5.92 Å². The number of benzene rings is 1. The van der Waals surface area contributed by atoms with Crippen molar-refractivity contribution in [3.8, 4) is 5.75 Å². The molecule has 0 aliphatic heterocycles. The highest BCUT2D eigenvalue weighted by Gasteiger charge is 2.16. The van der Waals surface area contributed by atoms with Gasteiger partial charge in [-0.15, -0.1) is 10.2 Å². The predicted molar refractivity (Wildman–Crippen MR) is 96.2 cm³/mol. The number of pyridine rings is 1. The number of hydrogen-bond donors (Lipinski definition) is 0. The van der Waals surface area contributed by atoms with Crippen LogP contribution in [0.4, 0.5) is 11.5 Å². The third kappa shape index (κ3) is 2.99. The molecule has 3 aromatic rings. The second kappa shape index (κ2) is 6.61. The number of ether oxygens (including phenoxy) is 1. The van der Waals surface area contributed by atoms with E-state index >= 15 is 0 Å². The highest BCUT2D eigenvalue weighted by molar-refractivity contribution is 6.32. The van der Waals surface area contributed by atoms with Crippen LogP contribution < -0.4 is 4.74 Å². The van der Waals surface area contributed by atoms with Gasteiger partial charge in [-0.2, -0.15) is 0 Å². The van der Waals surface area contributed by atoms with E-state index in [2.05, 4.69) is 24.1 Å². The molecule has 2 heterocycles. The third-order valence-corrected chi connectivity index (χ3v) is 4.08. The first-order valence-electron chi connectivity index (χ1n) is 7.74. The van der Waals surface area contributed by atoms with Crippen molar-refractivity contribution in [3.05, 3.63) is 52.8 Å². The predicted octanol–water partition coefficient (Wildman–Crippen LogP) is 5.84. The first-order valence-corrected chi connectivity index (χ1v) is 8.12. The number of aromatic nitrogens is 2. The molecule has 0 radical (unpaired) electrons. The number of imidazole rings is 1.